The Morgan fingerprint density at radius 2 is 2.42 bits per heavy atom. The predicted molar refractivity (Wildman–Crippen MR) is 44.5 cm³/mol. The summed E-state index contributed by atoms with van der Waals surface area (Å²) in [6, 6.07) is 3.21. The maximum atomic E-state index is 10.2. The van der Waals surface area contributed by atoms with Crippen molar-refractivity contribution in [2.75, 3.05) is 5.88 Å². The molecule has 0 spiro atoms. The Bertz CT molecular complexity index is 257. The number of hydrogen-bond acceptors (Lipinski definition) is 3. The van der Waals surface area contributed by atoms with Crippen LogP contribution in [-0.4, -0.2) is 23.4 Å². The van der Waals surface area contributed by atoms with Crippen LogP contribution in [0.5, 0.6) is 0 Å². The van der Waals surface area contributed by atoms with Gasteiger partial charge in [0.1, 0.15) is 5.76 Å². The van der Waals surface area contributed by atoms with E-state index in [4.69, 9.17) is 21.1 Å². The highest BCUT2D eigenvalue weighted by Crippen LogP contribution is 2.08. The summed E-state index contributed by atoms with van der Waals surface area (Å²) < 4.78 is 5.02. The molecule has 0 aliphatic rings. The van der Waals surface area contributed by atoms with Crippen molar-refractivity contribution in [1.29, 1.82) is 0 Å². The van der Waals surface area contributed by atoms with Crippen molar-refractivity contribution >= 4 is 17.9 Å². The van der Waals surface area contributed by atoms with Crippen molar-refractivity contribution in [1.82, 2.24) is 0 Å². The molecule has 0 aliphatic carbocycles. The van der Waals surface area contributed by atoms with Crippen molar-refractivity contribution in [3.8, 4) is 0 Å². The van der Waals surface area contributed by atoms with Crippen LogP contribution in [-0.2, 0) is 6.42 Å². The van der Waals surface area contributed by atoms with E-state index >= 15 is 0 Å². The normalized spacial score (nSPS) is 12.8. The summed E-state index contributed by atoms with van der Waals surface area (Å²) in [5.74, 6) is 1.01. The number of carbonyl (C=O) groups is 1. The first-order chi connectivity index (χ1) is 5.76. The van der Waals surface area contributed by atoms with Crippen molar-refractivity contribution in [2.45, 2.75) is 12.5 Å². The second-order valence-corrected chi connectivity index (χ2v) is 2.74. The molecule has 0 aliphatic heterocycles. The van der Waals surface area contributed by atoms with Crippen LogP contribution in [0.2, 0.25) is 0 Å². The number of aldehydes is 1. The van der Waals surface area contributed by atoms with E-state index in [2.05, 4.69) is 0 Å². The lowest BCUT2D eigenvalue weighted by molar-refractivity contribution is 0.109. The standard InChI is InChI=1S/C8H9ClO3/c9-4-6(11)3-7-1-2-8(5-10)12-7/h1-2,5-6,11H,3-4H2. The summed E-state index contributed by atoms with van der Waals surface area (Å²) in [7, 11) is 0. The van der Waals surface area contributed by atoms with Crippen LogP contribution < -0.4 is 0 Å². The highest BCUT2D eigenvalue weighted by molar-refractivity contribution is 6.18. The Morgan fingerprint density at radius 3 is 2.92 bits per heavy atom. The van der Waals surface area contributed by atoms with E-state index in [0.717, 1.165) is 0 Å². The lowest BCUT2D eigenvalue weighted by atomic mass is 10.2. The van der Waals surface area contributed by atoms with Gasteiger partial charge in [-0.05, 0) is 12.1 Å². The SMILES string of the molecule is O=Cc1ccc(CC(O)CCl)o1. The zero-order chi connectivity index (χ0) is 8.97. The predicted octanol–water partition coefficient (Wildman–Crippen LogP) is 1.23. The molecular weight excluding hydrogens is 180 g/mol. The van der Waals surface area contributed by atoms with Gasteiger partial charge in [-0.15, -0.1) is 11.6 Å². The lowest BCUT2D eigenvalue weighted by Gasteiger charge is -2.01. The van der Waals surface area contributed by atoms with Gasteiger partial charge in [-0.25, -0.2) is 0 Å². The zero-order valence-electron chi connectivity index (χ0n) is 6.37. The van der Waals surface area contributed by atoms with Gasteiger partial charge in [0.2, 0.25) is 0 Å². The van der Waals surface area contributed by atoms with Crippen molar-refractivity contribution in [3.63, 3.8) is 0 Å². The minimum Gasteiger partial charge on any atom is -0.458 e. The van der Waals surface area contributed by atoms with Gasteiger partial charge >= 0.3 is 0 Å². The third kappa shape index (κ3) is 2.36. The molecule has 0 saturated heterocycles. The Kier molecular flexibility index (Phi) is 3.31. The lowest BCUT2D eigenvalue weighted by Crippen LogP contribution is -2.11. The fraction of sp³-hybridized carbons (Fsp3) is 0.375. The first-order valence-electron chi connectivity index (χ1n) is 3.54. The summed E-state index contributed by atoms with van der Waals surface area (Å²) in [5, 5.41) is 9.11. The van der Waals surface area contributed by atoms with Crippen LogP contribution >= 0.6 is 11.6 Å². The molecule has 1 heterocycles. The molecule has 0 aromatic carbocycles. The Hall–Kier alpha value is -0.800. The second-order valence-electron chi connectivity index (χ2n) is 2.43. The highest BCUT2D eigenvalue weighted by atomic mass is 35.5. The Morgan fingerprint density at radius 1 is 1.67 bits per heavy atom. The third-order valence-electron chi connectivity index (χ3n) is 1.41. The van der Waals surface area contributed by atoms with Gasteiger partial charge < -0.3 is 9.52 Å². The first-order valence-corrected chi connectivity index (χ1v) is 4.07. The number of furan rings is 1. The fourth-order valence-corrected chi connectivity index (χ4v) is 0.963. The quantitative estimate of drug-likeness (QED) is 0.571. The van der Waals surface area contributed by atoms with Crippen LogP contribution in [0.25, 0.3) is 0 Å². The molecule has 1 atom stereocenters. The molecule has 66 valence electrons. The summed E-state index contributed by atoms with van der Waals surface area (Å²) in [5.41, 5.74) is 0. The van der Waals surface area contributed by atoms with Gasteiger partial charge in [0, 0.05) is 12.3 Å². The number of halogens is 1. The molecule has 3 nitrogen and oxygen atoms in total. The maximum absolute atomic E-state index is 10.2. The number of rotatable bonds is 4. The number of carbonyl (C=O) groups excluding carboxylic acids is 1. The topological polar surface area (TPSA) is 50.4 Å². The largest absolute Gasteiger partial charge is 0.458 e. The molecule has 0 fully saturated rings. The molecule has 4 heteroatoms. The number of alkyl halides is 1. The van der Waals surface area contributed by atoms with Gasteiger partial charge in [-0.1, -0.05) is 0 Å². The van der Waals surface area contributed by atoms with E-state index in [1.54, 1.807) is 12.1 Å². The van der Waals surface area contributed by atoms with Gasteiger partial charge in [0.15, 0.2) is 12.0 Å². The molecule has 1 N–H and O–H groups in total. The van der Waals surface area contributed by atoms with Crippen molar-refractivity contribution in [2.24, 2.45) is 0 Å². The minimum absolute atomic E-state index is 0.164. The smallest absolute Gasteiger partial charge is 0.185 e. The molecule has 1 unspecified atom stereocenters. The van der Waals surface area contributed by atoms with Gasteiger partial charge in [-0.3, -0.25) is 4.79 Å². The van der Waals surface area contributed by atoms with E-state index in [0.29, 0.717) is 18.5 Å². The molecule has 12 heavy (non-hydrogen) atoms. The number of hydrogen-bond donors (Lipinski definition) is 1. The molecule has 1 aromatic rings. The van der Waals surface area contributed by atoms with Crippen molar-refractivity contribution < 1.29 is 14.3 Å². The van der Waals surface area contributed by atoms with E-state index in [1.807, 2.05) is 0 Å². The summed E-state index contributed by atoms with van der Waals surface area (Å²) >= 11 is 5.38. The average Bonchev–Trinajstić information content (AvgIpc) is 2.52. The van der Waals surface area contributed by atoms with Crippen LogP contribution in [0.4, 0.5) is 0 Å². The van der Waals surface area contributed by atoms with E-state index in [9.17, 15) is 4.79 Å². The number of aliphatic hydroxyl groups excluding tert-OH is 1. The maximum Gasteiger partial charge on any atom is 0.185 e. The Balaban J connectivity index is 2.57. The summed E-state index contributed by atoms with van der Waals surface area (Å²) in [4.78, 5) is 10.2. The molecular formula is C8H9ClO3. The molecule has 0 bridgehead atoms. The van der Waals surface area contributed by atoms with E-state index < -0.39 is 6.10 Å². The molecule has 0 radical (unpaired) electrons. The zero-order valence-corrected chi connectivity index (χ0v) is 7.12. The summed E-state index contributed by atoms with van der Waals surface area (Å²) in [6.07, 6.45) is 0.353. The minimum atomic E-state index is -0.614. The second kappa shape index (κ2) is 4.28. The third-order valence-corrected chi connectivity index (χ3v) is 1.77. The van der Waals surface area contributed by atoms with E-state index in [1.165, 1.54) is 0 Å². The van der Waals surface area contributed by atoms with E-state index in [-0.39, 0.29) is 11.6 Å². The van der Waals surface area contributed by atoms with Gasteiger partial charge in [0.25, 0.3) is 0 Å². The van der Waals surface area contributed by atoms with Crippen LogP contribution in [0.1, 0.15) is 16.3 Å². The summed E-state index contributed by atoms with van der Waals surface area (Å²) in [6.45, 7) is 0. The molecule has 1 rings (SSSR count). The van der Waals surface area contributed by atoms with Crippen molar-refractivity contribution in [3.05, 3.63) is 23.7 Å². The van der Waals surface area contributed by atoms with Crippen LogP contribution in [0.3, 0.4) is 0 Å². The Labute approximate surface area is 74.9 Å². The molecule has 0 amide bonds. The van der Waals surface area contributed by atoms with Crippen LogP contribution in [0.15, 0.2) is 16.5 Å². The highest BCUT2D eigenvalue weighted by Gasteiger charge is 2.07. The number of aliphatic hydroxyl groups is 1. The first kappa shape index (κ1) is 9.29. The van der Waals surface area contributed by atoms with Gasteiger partial charge in [-0.2, -0.15) is 0 Å². The van der Waals surface area contributed by atoms with Crippen LogP contribution in [0, 0.1) is 0 Å². The average molecular weight is 189 g/mol. The molecule has 1 aromatic heterocycles. The van der Waals surface area contributed by atoms with Gasteiger partial charge in [0.05, 0.1) is 6.10 Å². The monoisotopic (exact) mass is 188 g/mol. The molecule has 0 saturated carbocycles. The fourth-order valence-electron chi connectivity index (χ4n) is 0.854.